The van der Waals surface area contributed by atoms with E-state index in [1.807, 2.05) is 12.3 Å². The van der Waals surface area contributed by atoms with E-state index < -0.39 is 54.5 Å². The van der Waals surface area contributed by atoms with Crippen molar-refractivity contribution in [3.05, 3.63) is 35.9 Å². The molecule has 10 nitrogen and oxygen atoms in total. The van der Waals surface area contributed by atoms with Crippen LogP contribution in [0.2, 0.25) is 0 Å². The topological polar surface area (TPSA) is 171 Å². The van der Waals surface area contributed by atoms with E-state index in [4.69, 9.17) is 10.8 Å². The van der Waals surface area contributed by atoms with Crippen molar-refractivity contribution in [1.82, 2.24) is 16.0 Å². The lowest BCUT2D eigenvalue weighted by Crippen LogP contribution is -2.59. The zero-order chi connectivity index (χ0) is 25.0. The van der Waals surface area contributed by atoms with E-state index in [0.717, 1.165) is 5.56 Å². The Morgan fingerprint density at radius 1 is 0.970 bits per heavy atom. The largest absolute Gasteiger partial charge is 0.480 e. The third-order valence-corrected chi connectivity index (χ3v) is 5.57. The summed E-state index contributed by atoms with van der Waals surface area (Å²) in [5, 5.41) is 26.3. The Balaban J connectivity index is 2.92. The minimum Gasteiger partial charge on any atom is -0.480 e. The van der Waals surface area contributed by atoms with Gasteiger partial charge in [-0.3, -0.25) is 14.4 Å². The lowest BCUT2D eigenvalue weighted by atomic mass is 10.0. The third kappa shape index (κ3) is 9.80. The average molecular weight is 483 g/mol. The average Bonchev–Trinajstić information content (AvgIpc) is 2.78. The summed E-state index contributed by atoms with van der Waals surface area (Å²) in [6.07, 6.45) is 2.22. The Hall–Kier alpha value is -2.63. The van der Waals surface area contributed by atoms with E-state index in [0.29, 0.717) is 5.75 Å². The van der Waals surface area contributed by atoms with Crippen LogP contribution in [0, 0.1) is 5.92 Å². The maximum atomic E-state index is 12.9. The predicted octanol–water partition coefficient (Wildman–Crippen LogP) is -0.503. The van der Waals surface area contributed by atoms with Crippen LogP contribution in [-0.2, 0) is 25.6 Å². The Morgan fingerprint density at radius 3 is 2.09 bits per heavy atom. The van der Waals surface area contributed by atoms with Gasteiger partial charge in [-0.05, 0) is 29.9 Å². The molecule has 1 aromatic carbocycles. The number of amides is 3. The van der Waals surface area contributed by atoms with Crippen molar-refractivity contribution in [3.8, 4) is 0 Å². The summed E-state index contributed by atoms with van der Waals surface area (Å²) in [5.74, 6) is -2.89. The summed E-state index contributed by atoms with van der Waals surface area (Å²) in [4.78, 5) is 49.6. The molecule has 4 unspecified atom stereocenters. The number of carbonyl (C=O) groups excluding carboxylic acids is 3. The molecule has 0 aliphatic carbocycles. The first kappa shape index (κ1) is 28.4. The van der Waals surface area contributed by atoms with Crippen molar-refractivity contribution >= 4 is 35.5 Å². The molecular weight excluding hydrogens is 448 g/mol. The molecule has 0 aliphatic rings. The summed E-state index contributed by atoms with van der Waals surface area (Å²) >= 11 is 1.48. The maximum absolute atomic E-state index is 12.9. The van der Waals surface area contributed by atoms with Gasteiger partial charge in [0.2, 0.25) is 17.7 Å². The van der Waals surface area contributed by atoms with Gasteiger partial charge in [0.25, 0.3) is 0 Å². The normalized spacial score (nSPS) is 14.6. The fourth-order valence-electron chi connectivity index (χ4n) is 2.97. The summed E-state index contributed by atoms with van der Waals surface area (Å²) in [5.41, 5.74) is 6.26. The molecule has 0 fully saturated rings. The summed E-state index contributed by atoms with van der Waals surface area (Å²) in [7, 11) is 0. The molecule has 0 bridgehead atoms. The molecule has 0 saturated carbocycles. The number of thioether (sulfide) groups is 1. The molecule has 0 aromatic heterocycles. The van der Waals surface area contributed by atoms with Gasteiger partial charge in [-0.1, -0.05) is 44.2 Å². The zero-order valence-electron chi connectivity index (χ0n) is 19.1. The summed E-state index contributed by atoms with van der Waals surface area (Å²) < 4.78 is 0. The molecule has 1 aromatic rings. The highest BCUT2D eigenvalue weighted by atomic mass is 32.2. The molecule has 11 heteroatoms. The van der Waals surface area contributed by atoms with Crippen molar-refractivity contribution in [3.63, 3.8) is 0 Å². The van der Waals surface area contributed by atoms with Gasteiger partial charge in [0.1, 0.15) is 24.2 Å². The third-order valence-electron chi connectivity index (χ3n) is 4.92. The molecule has 0 aliphatic heterocycles. The number of nitrogens with one attached hydrogen (secondary N) is 3. The molecule has 7 N–H and O–H groups in total. The number of hydrogen-bond acceptors (Lipinski definition) is 7. The predicted molar refractivity (Wildman–Crippen MR) is 126 cm³/mol. The van der Waals surface area contributed by atoms with Crippen LogP contribution in [0.3, 0.4) is 0 Å². The van der Waals surface area contributed by atoms with Crippen molar-refractivity contribution in [2.24, 2.45) is 11.7 Å². The highest BCUT2D eigenvalue weighted by Crippen LogP contribution is 2.08. The number of rotatable bonds is 14. The molecule has 3 amide bonds. The van der Waals surface area contributed by atoms with Gasteiger partial charge in [0.15, 0.2) is 0 Å². The molecular formula is C22H34N4O6S. The fraction of sp³-hybridized carbons (Fsp3) is 0.545. The molecule has 33 heavy (non-hydrogen) atoms. The van der Waals surface area contributed by atoms with E-state index >= 15 is 0 Å². The maximum Gasteiger partial charge on any atom is 0.326 e. The second kappa shape index (κ2) is 14.5. The fourth-order valence-corrected chi connectivity index (χ4v) is 3.44. The number of nitrogens with two attached hydrogens (primary N) is 1. The SMILES string of the molecule is CSCCC(NC(=O)C(N)CO)C(=O)NC(C(=O)NC(Cc1ccccc1)C(=O)O)C(C)C. The van der Waals surface area contributed by atoms with Crippen LogP contribution in [0.4, 0.5) is 0 Å². The van der Waals surface area contributed by atoms with Crippen molar-refractivity contribution in [2.45, 2.75) is 50.9 Å². The van der Waals surface area contributed by atoms with Crippen LogP contribution in [0.15, 0.2) is 30.3 Å². The van der Waals surface area contributed by atoms with E-state index in [1.165, 1.54) is 11.8 Å². The van der Waals surface area contributed by atoms with Gasteiger partial charge in [-0.15, -0.1) is 0 Å². The van der Waals surface area contributed by atoms with Crippen LogP contribution in [0.25, 0.3) is 0 Å². The van der Waals surface area contributed by atoms with Crippen LogP contribution >= 0.6 is 11.8 Å². The molecule has 0 spiro atoms. The van der Waals surface area contributed by atoms with E-state index in [-0.39, 0.29) is 18.8 Å². The van der Waals surface area contributed by atoms with E-state index in [9.17, 15) is 24.3 Å². The Labute approximate surface area is 198 Å². The zero-order valence-corrected chi connectivity index (χ0v) is 19.9. The summed E-state index contributed by atoms with van der Waals surface area (Å²) in [6.45, 7) is 2.86. The van der Waals surface area contributed by atoms with E-state index in [1.54, 1.807) is 38.1 Å². The summed E-state index contributed by atoms with van der Waals surface area (Å²) in [6, 6.07) is 4.56. The standard InChI is InChI=1S/C22H34N4O6S/c1-13(2)18(21(30)25-17(22(31)32)11-14-7-5-4-6-8-14)26-20(29)16(9-10-33-3)24-19(28)15(23)12-27/h4-8,13,15-18,27H,9-12,23H2,1-3H3,(H,24,28)(H,25,30)(H,26,29)(H,31,32). The van der Waals surface area contributed by atoms with Crippen molar-refractivity contribution < 1.29 is 29.4 Å². The van der Waals surface area contributed by atoms with Crippen LogP contribution in [-0.4, -0.2) is 76.7 Å². The second-order valence-electron chi connectivity index (χ2n) is 7.95. The van der Waals surface area contributed by atoms with Crippen LogP contribution in [0.1, 0.15) is 25.8 Å². The quantitative estimate of drug-likeness (QED) is 0.206. The molecule has 1 rings (SSSR count). The first-order chi connectivity index (χ1) is 15.6. The van der Waals surface area contributed by atoms with Gasteiger partial charge in [-0.2, -0.15) is 11.8 Å². The second-order valence-corrected chi connectivity index (χ2v) is 8.94. The molecule has 4 atom stereocenters. The Morgan fingerprint density at radius 2 is 1.58 bits per heavy atom. The number of hydrogen-bond donors (Lipinski definition) is 6. The van der Waals surface area contributed by atoms with Gasteiger partial charge in [-0.25, -0.2) is 4.79 Å². The number of benzene rings is 1. The first-order valence-corrected chi connectivity index (χ1v) is 12.0. The number of carboxylic acids is 1. The van der Waals surface area contributed by atoms with Crippen molar-refractivity contribution in [2.75, 3.05) is 18.6 Å². The number of aliphatic hydroxyl groups is 1. The van der Waals surface area contributed by atoms with Crippen LogP contribution in [0.5, 0.6) is 0 Å². The highest BCUT2D eigenvalue weighted by Gasteiger charge is 2.31. The smallest absolute Gasteiger partial charge is 0.326 e. The monoisotopic (exact) mass is 482 g/mol. The van der Waals surface area contributed by atoms with Gasteiger partial charge in [0, 0.05) is 6.42 Å². The molecule has 0 radical (unpaired) electrons. The molecule has 0 heterocycles. The minimum absolute atomic E-state index is 0.0894. The van der Waals surface area contributed by atoms with Crippen molar-refractivity contribution in [1.29, 1.82) is 0 Å². The lowest BCUT2D eigenvalue weighted by Gasteiger charge is -2.27. The Bertz CT molecular complexity index is 792. The Kier molecular flexibility index (Phi) is 12.5. The van der Waals surface area contributed by atoms with Gasteiger partial charge >= 0.3 is 5.97 Å². The lowest BCUT2D eigenvalue weighted by molar-refractivity contribution is -0.142. The van der Waals surface area contributed by atoms with Gasteiger partial charge in [0.05, 0.1) is 6.61 Å². The molecule has 184 valence electrons. The van der Waals surface area contributed by atoms with Crippen LogP contribution < -0.4 is 21.7 Å². The van der Waals surface area contributed by atoms with E-state index in [2.05, 4.69) is 16.0 Å². The number of aliphatic carboxylic acids is 1. The van der Waals surface area contributed by atoms with Gasteiger partial charge < -0.3 is 31.9 Å². The highest BCUT2D eigenvalue weighted by molar-refractivity contribution is 7.98. The number of carboxylic acid groups (broad SMARTS) is 1. The number of aliphatic hydroxyl groups excluding tert-OH is 1. The first-order valence-electron chi connectivity index (χ1n) is 10.6. The number of carbonyl (C=O) groups is 4. The molecule has 0 saturated heterocycles. The minimum atomic E-state index is -1.19.